The summed E-state index contributed by atoms with van der Waals surface area (Å²) in [5, 5.41) is 6.55. The van der Waals surface area contributed by atoms with Gasteiger partial charge in [0.1, 0.15) is 17.3 Å². The molecule has 24 heavy (non-hydrogen) atoms. The maximum absolute atomic E-state index is 12.0. The minimum absolute atomic E-state index is 0.249. The average Bonchev–Trinajstić information content (AvgIpc) is 3.13. The molecule has 0 aliphatic carbocycles. The molecule has 0 bridgehead atoms. The Balaban J connectivity index is 1.52. The zero-order valence-corrected chi connectivity index (χ0v) is 13.5. The van der Waals surface area contributed by atoms with Gasteiger partial charge >= 0.3 is 0 Å². The van der Waals surface area contributed by atoms with Gasteiger partial charge in [-0.3, -0.25) is 4.79 Å². The zero-order valence-electron chi connectivity index (χ0n) is 12.7. The van der Waals surface area contributed by atoms with Gasteiger partial charge in [0.2, 0.25) is 0 Å². The summed E-state index contributed by atoms with van der Waals surface area (Å²) in [6, 6.07) is 11.1. The van der Waals surface area contributed by atoms with E-state index in [0.29, 0.717) is 29.7 Å². The van der Waals surface area contributed by atoms with Crippen LogP contribution in [0.15, 0.2) is 59.5 Å². The molecule has 0 saturated heterocycles. The lowest BCUT2D eigenvalue weighted by molar-refractivity contribution is 0.0942. The molecule has 2 heterocycles. The van der Waals surface area contributed by atoms with E-state index < -0.39 is 0 Å². The Bertz CT molecular complexity index is 786. The van der Waals surface area contributed by atoms with E-state index in [9.17, 15) is 4.79 Å². The lowest BCUT2D eigenvalue weighted by Gasteiger charge is -2.06. The van der Waals surface area contributed by atoms with Crippen LogP contribution >= 0.6 is 11.6 Å². The molecule has 0 spiro atoms. The molecule has 3 aromatic rings. The van der Waals surface area contributed by atoms with Crippen LogP contribution in [0.3, 0.4) is 0 Å². The van der Waals surface area contributed by atoms with E-state index >= 15 is 0 Å². The third-order valence-electron chi connectivity index (χ3n) is 3.27. The number of carbonyl (C=O) groups excluding carboxylic acids is 1. The Morgan fingerprint density at radius 2 is 1.92 bits per heavy atom. The standard InChI is InChI=1S/C17H15ClN4O2/c18-13-5-3-12(4-6-13)8-20-16-11-19-15(10-21-16)17(23)22-9-14-2-1-7-24-14/h1-7,10-11H,8-9H2,(H,20,21)(H,22,23). The number of benzene rings is 1. The second-order valence-corrected chi connectivity index (χ2v) is 5.47. The molecule has 0 aliphatic rings. The van der Waals surface area contributed by atoms with Crippen molar-refractivity contribution in [1.29, 1.82) is 0 Å². The third-order valence-corrected chi connectivity index (χ3v) is 3.53. The smallest absolute Gasteiger partial charge is 0.271 e. The van der Waals surface area contributed by atoms with E-state index in [1.165, 1.54) is 12.4 Å². The summed E-state index contributed by atoms with van der Waals surface area (Å²) >= 11 is 5.85. The van der Waals surface area contributed by atoms with E-state index in [2.05, 4.69) is 20.6 Å². The Morgan fingerprint density at radius 1 is 1.08 bits per heavy atom. The molecule has 1 amide bonds. The number of carbonyl (C=O) groups is 1. The van der Waals surface area contributed by atoms with Crippen LogP contribution in [-0.2, 0) is 13.1 Å². The molecule has 0 fully saturated rings. The molecule has 0 saturated carbocycles. The summed E-state index contributed by atoms with van der Waals surface area (Å²) in [6.07, 6.45) is 4.52. The van der Waals surface area contributed by atoms with Crippen LogP contribution in [-0.4, -0.2) is 15.9 Å². The second kappa shape index (κ2) is 7.61. The highest BCUT2D eigenvalue weighted by Crippen LogP contribution is 2.11. The summed E-state index contributed by atoms with van der Waals surface area (Å²) in [6.45, 7) is 0.903. The predicted molar refractivity (Wildman–Crippen MR) is 90.7 cm³/mol. The number of nitrogens with zero attached hydrogens (tertiary/aromatic N) is 2. The quantitative estimate of drug-likeness (QED) is 0.718. The lowest BCUT2D eigenvalue weighted by Crippen LogP contribution is -2.23. The number of halogens is 1. The van der Waals surface area contributed by atoms with Crippen LogP contribution in [0.4, 0.5) is 5.82 Å². The molecular weight excluding hydrogens is 328 g/mol. The summed E-state index contributed by atoms with van der Waals surface area (Å²) < 4.78 is 5.15. The van der Waals surface area contributed by atoms with E-state index in [0.717, 1.165) is 5.56 Å². The van der Waals surface area contributed by atoms with Crippen molar-refractivity contribution in [3.05, 3.63) is 77.1 Å². The third kappa shape index (κ3) is 4.33. The Kier molecular flexibility index (Phi) is 5.08. The van der Waals surface area contributed by atoms with E-state index in [1.807, 2.05) is 24.3 Å². The van der Waals surface area contributed by atoms with Gasteiger partial charge in [0.15, 0.2) is 0 Å². The largest absolute Gasteiger partial charge is 0.467 e. The number of furan rings is 1. The van der Waals surface area contributed by atoms with Gasteiger partial charge in [-0.1, -0.05) is 23.7 Å². The van der Waals surface area contributed by atoms with Crippen LogP contribution in [0.25, 0.3) is 0 Å². The first-order chi connectivity index (χ1) is 11.7. The fourth-order valence-corrected chi connectivity index (χ4v) is 2.13. The van der Waals surface area contributed by atoms with Crippen LogP contribution in [0, 0.1) is 0 Å². The van der Waals surface area contributed by atoms with Crippen molar-refractivity contribution in [1.82, 2.24) is 15.3 Å². The molecule has 0 atom stereocenters. The Hall–Kier alpha value is -2.86. The summed E-state index contributed by atoms with van der Waals surface area (Å²) in [4.78, 5) is 20.3. The first kappa shape index (κ1) is 16.0. The number of hydrogen-bond donors (Lipinski definition) is 2. The monoisotopic (exact) mass is 342 g/mol. The SMILES string of the molecule is O=C(NCc1ccco1)c1cnc(NCc2ccc(Cl)cc2)cn1. The topological polar surface area (TPSA) is 80.0 Å². The fourth-order valence-electron chi connectivity index (χ4n) is 2.00. The van der Waals surface area contributed by atoms with Crippen LogP contribution < -0.4 is 10.6 Å². The molecule has 0 unspecified atom stereocenters. The van der Waals surface area contributed by atoms with Crippen molar-refractivity contribution in [2.45, 2.75) is 13.1 Å². The van der Waals surface area contributed by atoms with Gasteiger partial charge in [-0.25, -0.2) is 9.97 Å². The number of rotatable bonds is 6. The number of nitrogens with one attached hydrogen (secondary N) is 2. The Labute approximate surface area is 143 Å². The van der Waals surface area contributed by atoms with Crippen molar-refractivity contribution in [3.8, 4) is 0 Å². The highest BCUT2D eigenvalue weighted by molar-refractivity contribution is 6.30. The van der Waals surface area contributed by atoms with Gasteiger partial charge in [-0.05, 0) is 29.8 Å². The van der Waals surface area contributed by atoms with Crippen molar-refractivity contribution in [3.63, 3.8) is 0 Å². The molecule has 0 aliphatic heterocycles. The zero-order chi connectivity index (χ0) is 16.8. The van der Waals surface area contributed by atoms with Crippen LogP contribution in [0.5, 0.6) is 0 Å². The van der Waals surface area contributed by atoms with Gasteiger partial charge in [0.25, 0.3) is 5.91 Å². The summed E-state index contributed by atoms with van der Waals surface area (Å²) in [5.41, 5.74) is 1.32. The number of anilines is 1. The molecule has 6 nitrogen and oxygen atoms in total. The van der Waals surface area contributed by atoms with Crippen molar-refractivity contribution >= 4 is 23.3 Å². The molecule has 2 aromatic heterocycles. The summed E-state index contributed by atoms with van der Waals surface area (Å²) in [7, 11) is 0. The summed E-state index contributed by atoms with van der Waals surface area (Å²) in [5.74, 6) is 0.966. The highest BCUT2D eigenvalue weighted by Gasteiger charge is 2.08. The minimum Gasteiger partial charge on any atom is -0.467 e. The molecule has 7 heteroatoms. The number of aromatic nitrogens is 2. The number of amides is 1. The maximum atomic E-state index is 12.0. The Morgan fingerprint density at radius 3 is 2.58 bits per heavy atom. The number of hydrogen-bond acceptors (Lipinski definition) is 5. The molecule has 2 N–H and O–H groups in total. The fraction of sp³-hybridized carbons (Fsp3) is 0.118. The van der Waals surface area contributed by atoms with Crippen LogP contribution in [0.1, 0.15) is 21.8 Å². The van der Waals surface area contributed by atoms with Gasteiger partial charge in [-0.2, -0.15) is 0 Å². The van der Waals surface area contributed by atoms with E-state index in [-0.39, 0.29) is 11.6 Å². The van der Waals surface area contributed by atoms with Gasteiger partial charge < -0.3 is 15.1 Å². The first-order valence-electron chi connectivity index (χ1n) is 7.31. The average molecular weight is 343 g/mol. The minimum atomic E-state index is -0.303. The maximum Gasteiger partial charge on any atom is 0.271 e. The molecule has 0 radical (unpaired) electrons. The predicted octanol–water partition coefficient (Wildman–Crippen LogP) is 3.27. The van der Waals surface area contributed by atoms with Gasteiger partial charge in [0, 0.05) is 11.6 Å². The first-order valence-corrected chi connectivity index (χ1v) is 7.69. The van der Waals surface area contributed by atoms with Gasteiger partial charge in [0.05, 0.1) is 25.2 Å². The lowest BCUT2D eigenvalue weighted by atomic mass is 10.2. The molecule has 3 rings (SSSR count). The molecule has 122 valence electrons. The van der Waals surface area contributed by atoms with Gasteiger partial charge in [-0.15, -0.1) is 0 Å². The normalized spacial score (nSPS) is 10.4. The second-order valence-electron chi connectivity index (χ2n) is 5.03. The van der Waals surface area contributed by atoms with E-state index in [1.54, 1.807) is 18.4 Å². The van der Waals surface area contributed by atoms with Crippen molar-refractivity contribution in [2.75, 3.05) is 5.32 Å². The molecular formula is C17H15ClN4O2. The van der Waals surface area contributed by atoms with Crippen molar-refractivity contribution in [2.24, 2.45) is 0 Å². The highest BCUT2D eigenvalue weighted by atomic mass is 35.5. The van der Waals surface area contributed by atoms with Crippen LogP contribution in [0.2, 0.25) is 5.02 Å². The van der Waals surface area contributed by atoms with E-state index in [4.69, 9.17) is 16.0 Å². The molecule has 1 aromatic carbocycles. The van der Waals surface area contributed by atoms with Crippen molar-refractivity contribution < 1.29 is 9.21 Å².